The van der Waals surface area contributed by atoms with Crippen molar-refractivity contribution in [2.75, 3.05) is 0 Å². The summed E-state index contributed by atoms with van der Waals surface area (Å²) in [6.07, 6.45) is 0.915. The average Bonchev–Trinajstić information content (AvgIpc) is 3.58. The molecule has 0 fully saturated rings. The molecule has 0 aliphatic heterocycles. The Labute approximate surface area is 293 Å². The maximum atomic E-state index is 5.19. The van der Waals surface area contributed by atoms with Gasteiger partial charge in [-0.1, -0.05) is 159 Å². The van der Waals surface area contributed by atoms with E-state index in [4.69, 9.17) is 15.0 Å². The fourth-order valence-corrected chi connectivity index (χ4v) is 6.96. The molecule has 3 heteroatoms. The molecule has 1 heterocycles. The van der Waals surface area contributed by atoms with Crippen LogP contribution < -0.4 is 0 Å². The van der Waals surface area contributed by atoms with Crippen LogP contribution in [0, 0.1) is 0 Å². The Balaban J connectivity index is 0.00000361. The van der Waals surface area contributed by atoms with E-state index in [9.17, 15) is 0 Å². The van der Waals surface area contributed by atoms with Crippen molar-refractivity contribution in [3.63, 3.8) is 0 Å². The van der Waals surface area contributed by atoms with Gasteiger partial charge in [0.05, 0.1) is 0 Å². The lowest BCUT2D eigenvalue weighted by Gasteiger charge is -2.14. The van der Waals surface area contributed by atoms with Crippen LogP contribution >= 0.6 is 0 Å². The first-order valence-corrected chi connectivity index (χ1v) is 16.7. The second kappa shape index (κ2) is 13.2. The number of hydrogen-bond donors (Lipinski definition) is 0. The molecule has 1 aromatic heterocycles. The Morgan fingerprint density at radius 2 is 0.740 bits per heavy atom. The average molecular weight is 642 g/mol. The minimum atomic E-state index is 0. The van der Waals surface area contributed by atoms with Gasteiger partial charge >= 0.3 is 0 Å². The summed E-state index contributed by atoms with van der Waals surface area (Å²) in [4.78, 5) is 15.4. The summed E-state index contributed by atoms with van der Waals surface area (Å²) in [5.74, 6) is 1.93. The van der Waals surface area contributed by atoms with Gasteiger partial charge in [0.25, 0.3) is 0 Å². The van der Waals surface area contributed by atoms with Crippen LogP contribution in [0.2, 0.25) is 0 Å². The lowest BCUT2D eigenvalue weighted by atomic mass is 9.91. The highest BCUT2D eigenvalue weighted by atomic mass is 15.0. The van der Waals surface area contributed by atoms with Gasteiger partial charge in [0.15, 0.2) is 17.5 Å². The van der Waals surface area contributed by atoms with Crippen molar-refractivity contribution in [2.24, 2.45) is 0 Å². The van der Waals surface area contributed by atoms with E-state index in [0.29, 0.717) is 17.5 Å². The van der Waals surface area contributed by atoms with E-state index in [2.05, 4.69) is 152 Å². The molecule has 3 nitrogen and oxygen atoms in total. The first-order valence-electron chi connectivity index (χ1n) is 16.7. The van der Waals surface area contributed by atoms with E-state index in [1.54, 1.807) is 0 Å². The molecule has 9 rings (SSSR count). The first kappa shape index (κ1) is 30.9. The summed E-state index contributed by atoms with van der Waals surface area (Å²) in [5.41, 5.74) is 15.1. The third kappa shape index (κ3) is 5.80. The van der Waals surface area contributed by atoms with E-state index in [1.165, 1.54) is 27.8 Å². The Bertz CT molecular complexity index is 2450. The fraction of sp³-hybridized carbons (Fsp3) is 0.0426. The maximum Gasteiger partial charge on any atom is 0.164 e. The summed E-state index contributed by atoms with van der Waals surface area (Å²) in [5, 5.41) is 0. The van der Waals surface area contributed by atoms with Gasteiger partial charge in [-0.05, 0) is 86.3 Å². The highest BCUT2D eigenvalue weighted by molar-refractivity contribution is 5.88. The van der Waals surface area contributed by atoms with Crippen LogP contribution in [0.15, 0.2) is 176 Å². The monoisotopic (exact) mass is 641 g/mol. The lowest BCUT2D eigenvalue weighted by Crippen LogP contribution is -2.01. The van der Waals surface area contributed by atoms with Crippen molar-refractivity contribution in [2.45, 2.75) is 13.8 Å². The lowest BCUT2D eigenvalue weighted by molar-refractivity contribution is 1.07. The Morgan fingerprint density at radius 1 is 0.300 bits per heavy atom. The maximum absolute atomic E-state index is 5.19. The molecule has 0 atom stereocenters. The SMILES string of the molecule is C.c1ccc(-c2cccc(-c3nc(-c4ccccc4)nc(-c4cc(-c5ccccc5)cc(-c5cccc6c5Cc5ccccc5-6)c4)n3)c2)cc1. The predicted molar refractivity (Wildman–Crippen MR) is 207 cm³/mol. The van der Waals surface area contributed by atoms with E-state index in [-0.39, 0.29) is 7.43 Å². The van der Waals surface area contributed by atoms with Crippen LogP contribution in [0.1, 0.15) is 18.6 Å². The van der Waals surface area contributed by atoms with E-state index < -0.39 is 0 Å². The van der Waals surface area contributed by atoms with Crippen molar-refractivity contribution < 1.29 is 0 Å². The molecule has 1 aliphatic carbocycles. The number of rotatable bonds is 6. The molecule has 0 amide bonds. The van der Waals surface area contributed by atoms with Crippen LogP contribution in [-0.4, -0.2) is 15.0 Å². The minimum Gasteiger partial charge on any atom is -0.208 e. The van der Waals surface area contributed by atoms with Crippen LogP contribution in [0.25, 0.3) is 78.7 Å². The van der Waals surface area contributed by atoms with Crippen LogP contribution in [0.3, 0.4) is 0 Å². The van der Waals surface area contributed by atoms with E-state index >= 15 is 0 Å². The van der Waals surface area contributed by atoms with Crippen molar-refractivity contribution in [3.05, 3.63) is 187 Å². The summed E-state index contributed by atoms with van der Waals surface area (Å²) < 4.78 is 0. The molecule has 0 saturated heterocycles. The van der Waals surface area contributed by atoms with Gasteiger partial charge in [-0.25, -0.2) is 15.0 Å². The molecule has 0 N–H and O–H groups in total. The third-order valence-electron chi connectivity index (χ3n) is 9.36. The predicted octanol–water partition coefficient (Wildman–Crippen LogP) is 12.1. The molecule has 0 spiro atoms. The van der Waals surface area contributed by atoms with Crippen LogP contribution in [0.4, 0.5) is 0 Å². The second-order valence-electron chi connectivity index (χ2n) is 12.4. The number of nitrogens with zero attached hydrogens (tertiary/aromatic N) is 3. The quantitative estimate of drug-likeness (QED) is 0.181. The molecule has 238 valence electrons. The zero-order valence-corrected chi connectivity index (χ0v) is 26.8. The standard InChI is InChI=1S/C46H31N3.CH4/c1-4-14-31(15-5-1)34-21-12-22-36(26-34)45-47-44(33-18-8-3-9-19-33)48-46(49-45)39-28-37(32-16-6-2-7-17-32)27-38(29-39)41-24-13-25-42-40-23-11-10-20-35(40)30-43(41)42;/h1-29H,30H2;1H4. The second-order valence-corrected chi connectivity index (χ2v) is 12.4. The molecule has 0 radical (unpaired) electrons. The van der Waals surface area contributed by atoms with Gasteiger partial charge in [-0.3, -0.25) is 0 Å². The molecule has 8 aromatic rings. The summed E-state index contributed by atoms with van der Waals surface area (Å²) in [6, 6.07) is 61.8. The zero-order valence-electron chi connectivity index (χ0n) is 26.8. The molecule has 1 aliphatic rings. The summed E-state index contributed by atoms with van der Waals surface area (Å²) >= 11 is 0. The third-order valence-corrected chi connectivity index (χ3v) is 9.36. The number of benzene rings is 7. The summed E-state index contributed by atoms with van der Waals surface area (Å²) in [6.45, 7) is 0. The molecule has 0 saturated carbocycles. The van der Waals surface area contributed by atoms with Gasteiger partial charge in [0, 0.05) is 16.7 Å². The number of hydrogen-bond acceptors (Lipinski definition) is 3. The van der Waals surface area contributed by atoms with Gasteiger partial charge < -0.3 is 0 Å². The smallest absolute Gasteiger partial charge is 0.164 e. The highest BCUT2D eigenvalue weighted by Crippen LogP contribution is 2.43. The first-order chi connectivity index (χ1) is 24.3. The van der Waals surface area contributed by atoms with Crippen molar-refractivity contribution in [1.82, 2.24) is 15.0 Å². The topological polar surface area (TPSA) is 38.7 Å². The normalized spacial score (nSPS) is 11.4. The Morgan fingerprint density at radius 3 is 1.46 bits per heavy atom. The van der Waals surface area contributed by atoms with Crippen LogP contribution in [0.5, 0.6) is 0 Å². The summed E-state index contributed by atoms with van der Waals surface area (Å²) in [7, 11) is 0. The molecule has 0 unspecified atom stereocenters. The van der Waals surface area contributed by atoms with Crippen molar-refractivity contribution in [3.8, 4) is 78.7 Å². The Hall–Kier alpha value is -6.45. The number of aromatic nitrogens is 3. The zero-order chi connectivity index (χ0) is 32.6. The molecule has 0 bridgehead atoms. The van der Waals surface area contributed by atoms with Gasteiger partial charge in [-0.2, -0.15) is 0 Å². The van der Waals surface area contributed by atoms with E-state index in [1.807, 2.05) is 24.3 Å². The Kier molecular flexibility index (Phi) is 8.16. The largest absolute Gasteiger partial charge is 0.208 e. The molecule has 50 heavy (non-hydrogen) atoms. The van der Waals surface area contributed by atoms with Crippen molar-refractivity contribution >= 4 is 0 Å². The molecule has 7 aromatic carbocycles. The van der Waals surface area contributed by atoms with Gasteiger partial charge in [-0.15, -0.1) is 0 Å². The van der Waals surface area contributed by atoms with Crippen molar-refractivity contribution in [1.29, 1.82) is 0 Å². The molecular formula is C47H35N3. The fourth-order valence-electron chi connectivity index (χ4n) is 6.96. The molecular weight excluding hydrogens is 607 g/mol. The van der Waals surface area contributed by atoms with E-state index in [0.717, 1.165) is 50.9 Å². The minimum absolute atomic E-state index is 0. The van der Waals surface area contributed by atoms with Gasteiger partial charge in [0.1, 0.15) is 0 Å². The van der Waals surface area contributed by atoms with Crippen LogP contribution in [-0.2, 0) is 6.42 Å². The number of fused-ring (bicyclic) bond motifs is 3. The van der Waals surface area contributed by atoms with Gasteiger partial charge in [0.2, 0.25) is 0 Å². The highest BCUT2D eigenvalue weighted by Gasteiger charge is 2.22.